The van der Waals surface area contributed by atoms with Crippen LogP contribution in [0.4, 0.5) is 5.69 Å². The number of anilines is 1. The topological polar surface area (TPSA) is 41.5 Å². The Kier molecular flexibility index (Phi) is 3.28. The Bertz CT molecular complexity index is 286. The molecule has 0 aliphatic rings. The van der Waals surface area contributed by atoms with E-state index in [2.05, 4.69) is 5.48 Å². The Morgan fingerprint density at radius 1 is 1.46 bits per heavy atom. The molecule has 0 fully saturated rings. The highest BCUT2D eigenvalue weighted by Crippen LogP contribution is 2.25. The Labute approximate surface area is 78.3 Å². The zero-order chi connectivity index (χ0) is 9.84. The molecular formula is C10H15NO2. The molecule has 1 aromatic carbocycles. The molecule has 2 N–H and O–H groups in total. The van der Waals surface area contributed by atoms with Gasteiger partial charge in [0.2, 0.25) is 0 Å². The highest BCUT2D eigenvalue weighted by molar-refractivity contribution is 5.52. The lowest BCUT2D eigenvalue weighted by Gasteiger charge is -2.14. The van der Waals surface area contributed by atoms with Crippen LogP contribution in [0.1, 0.15) is 24.2 Å². The monoisotopic (exact) mass is 181 g/mol. The maximum Gasteiger partial charge on any atom is 0.0813 e. The fourth-order valence-electron chi connectivity index (χ4n) is 1.25. The molecule has 0 aliphatic carbocycles. The summed E-state index contributed by atoms with van der Waals surface area (Å²) in [6, 6.07) is 5.82. The molecule has 0 spiro atoms. The number of methoxy groups -OCH3 is 1. The first kappa shape index (κ1) is 10.0. The van der Waals surface area contributed by atoms with E-state index in [4.69, 9.17) is 9.94 Å². The molecule has 1 rings (SSSR count). The summed E-state index contributed by atoms with van der Waals surface area (Å²) >= 11 is 0. The van der Waals surface area contributed by atoms with Crippen molar-refractivity contribution in [2.45, 2.75) is 20.0 Å². The number of aryl methyl sites for hydroxylation is 1. The van der Waals surface area contributed by atoms with Crippen molar-refractivity contribution in [1.82, 2.24) is 0 Å². The normalized spacial score (nSPS) is 12.6. The third kappa shape index (κ3) is 2.20. The molecule has 72 valence electrons. The average molecular weight is 181 g/mol. The summed E-state index contributed by atoms with van der Waals surface area (Å²) in [5, 5.41) is 8.88. The molecule has 3 heteroatoms. The predicted molar refractivity (Wildman–Crippen MR) is 52.0 cm³/mol. The van der Waals surface area contributed by atoms with Gasteiger partial charge in [0.15, 0.2) is 0 Å². The van der Waals surface area contributed by atoms with Gasteiger partial charge in [0.1, 0.15) is 0 Å². The van der Waals surface area contributed by atoms with Crippen LogP contribution in [0.25, 0.3) is 0 Å². The van der Waals surface area contributed by atoms with E-state index in [1.807, 2.05) is 32.0 Å². The molecular weight excluding hydrogens is 166 g/mol. The fraction of sp³-hybridized carbons (Fsp3) is 0.400. The fourth-order valence-corrected chi connectivity index (χ4v) is 1.25. The SMILES string of the molecule is COC(C)c1ccc(C)cc1NO. The largest absolute Gasteiger partial charge is 0.377 e. The van der Waals surface area contributed by atoms with Gasteiger partial charge in [-0.05, 0) is 25.5 Å². The Morgan fingerprint density at radius 2 is 2.15 bits per heavy atom. The van der Waals surface area contributed by atoms with Gasteiger partial charge in [0, 0.05) is 12.7 Å². The lowest BCUT2D eigenvalue weighted by molar-refractivity contribution is 0.119. The molecule has 0 saturated heterocycles. The summed E-state index contributed by atoms with van der Waals surface area (Å²) in [5.41, 5.74) is 4.93. The van der Waals surface area contributed by atoms with Crippen LogP contribution in [-0.2, 0) is 4.74 Å². The van der Waals surface area contributed by atoms with Gasteiger partial charge in [-0.25, -0.2) is 0 Å². The molecule has 0 heterocycles. The van der Waals surface area contributed by atoms with Gasteiger partial charge < -0.3 is 4.74 Å². The van der Waals surface area contributed by atoms with Gasteiger partial charge in [-0.2, -0.15) is 0 Å². The van der Waals surface area contributed by atoms with Crippen molar-refractivity contribution in [3.8, 4) is 0 Å². The summed E-state index contributed by atoms with van der Waals surface area (Å²) in [7, 11) is 1.64. The number of rotatable bonds is 3. The number of benzene rings is 1. The van der Waals surface area contributed by atoms with E-state index in [1.165, 1.54) is 0 Å². The summed E-state index contributed by atoms with van der Waals surface area (Å²) in [6.07, 6.45) is -0.0183. The van der Waals surface area contributed by atoms with Crippen LogP contribution in [0.15, 0.2) is 18.2 Å². The van der Waals surface area contributed by atoms with Crippen LogP contribution >= 0.6 is 0 Å². The molecule has 0 amide bonds. The summed E-state index contributed by atoms with van der Waals surface area (Å²) < 4.78 is 5.17. The van der Waals surface area contributed by atoms with Crippen molar-refractivity contribution in [3.05, 3.63) is 29.3 Å². The van der Waals surface area contributed by atoms with Crippen LogP contribution in [0.2, 0.25) is 0 Å². The first-order valence-electron chi connectivity index (χ1n) is 4.22. The molecule has 0 aromatic heterocycles. The minimum atomic E-state index is -0.0183. The van der Waals surface area contributed by atoms with Crippen LogP contribution in [0.5, 0.6) is 0 Å². The lowest BCUT2D eigenvalue weighted by Crippen LogP contribution is -2.02. The second-order valence-corrected chi connectivity index (χ2v) is 3.08. The smallest absolute Gasteiger partial charge is 0.0813 e. The summed E-state index contributed by atoms with van der Waals surface area (Å²) in [4.78, 5) is 0. The number of hydrogen-bond donors (Lipinski definition) is 2. The maximum absolute atomic E-state index is 8.88. The van der Waals surface area contributed by atoms with Gasteiger partial charge in [0.05, 0.1) is 11.8 Å². The summed E-state index contributed by atoms with van der Waals surface area (Å²) in [5.74, 6) is 0. The standard InChI is InChI=1S/C10H15NO2/c1-7-4-5-9(8(2)13-3)10(6-7)11-12/h4-6,8,11-12H,1-3H3. The van der Waals surface area contributed by atoms with E-state index >= 15 is 0 Å². The minimum Gasteiger partial charge on any atom is -0.377 e. The van der Waals surface area contributed by atoms with Gasteiger partial charge >= 0.3 is 0 Å². The second kappa shape index (κ2) is 4.25. The van der Waals surface area contributed by atoms with Crippen LogP contribution in [0, 0.1) is 6.92 Å². The molecule has 1 unspecified atom stereocenters. The van der Waals surface area contributed by atoms with Crippen molar-refractivity contribution in [3.63, 3.8) is 0 Å². The van der Waals surface area contributed by atoms with E-state index in [9.17, 15) is 0 Å². The van der Waals surface area contributed by atoms with E-state index in [1.54, 1.807) is 7.11 Å². The molecule has 3 nitrogen and oxygen atoms in total. The molecule has 1 aromatic rings. The van der Waals surface area contributed by atoms with Gasteiger partial charge in [-0.3, -0.25) is 10.7 Å². The number of ether oxygens (including phenoxy) is 1. The van der Waals surface area contributed by atoms with E-state index < -0.39 is 0 Å². The third-order valence-electron chi connectivity index (χ3n) is 2.12. The quantitative estimate of drug-likeness (QED) is 0.704. The highest BCUT2D eigenvalue weighted by Gasteiger charge is 2.08. The van der Waals surface area contributed by atoms with Crippen LogP contribution < -0.4 is 5.48 Å². The molecule has 0 radical (unpaired) electrons. The summed E-state index contributed by atoms with van der Waals surface area (Å²) in [6.45, 7) is 3.91. The first-order chi connectivity index (χ1) is 6.19. The third-order valence-corrected chi connectivity index (χ3v) is 2.12. The zero-order valence-electron chi connectivity index (χ0n) is 8.16. The average Bonchev–Trinajstić information content (AvgIpc) is 2.16. The zero-order valence-corrected chi connectivity index (χ0v) is 8.16. The van der Waals surface area contributed by atoms with Gasteiger partial charge in [-0.1, -0.05) is 12.1 Å². The predicted octanol–water partition coefficient (Wildman–Crippen LogP) is 2.50. The Morgan fingerprint density at radius 3 is 2.69 bits per heavy atom. The Balaban J connectivity index is 3.05. The highest BCUT2D eigenvalue weighted by atomic mass is 16.5. The lowest BCUT2D eigenvalue weighted by atomic mass is 10.1. The Hall–Kier alpha value is -1.06. The molecule has 0 aliphatic heterocycles. The maximum atomic E-state index is 8.88. The van der Waals surface area contributed by atoms with Crippen molar-refractivity contribution < 1.29 is 9.94 Å². The first-order valence-corrected chi connectivity index (χ1v) is 4.22. The second-order valence-electron chi connectivity index (χ2n) is 3.08. The molecule has 0 saturated carbocycles. The molecule has 0 bridgehead atoms. The van der Waals surface area contributed by atoms with Crippen LogP contribution in [0.3, 0.4) is 0 Å². The van der Waals surface area contributed by atoms with Crippen molar-refractivity contribution in [1.29, 1.82) is 0 Å². The van der Waals surface area contributed by atoms with Crippen LogP contribution in [-0.4, -0.2) is 12.3 Å². The van der Waals surface area contributed by atoms with E-state index in [-0.39, 0.29) is 6.10 Å². The number of nitrogens with one attached hydrogen (secondary N) is 1. The van der Waals surface area contributed by atoms with Gasteiger partial charge in [-0.15, -0.1) is 0 Å². The minimum absolute atomic E-state index is 0.0183. The van der Waals surface area contributed by atoms with E-state index in [0.717, 1.165) is 11.1 Å². The van der Waals surface area contributed by atoms with E-state index in [0.29, 0.717) is 5.69 Å². The van der Waals surface area contributed by atoms with Crippen molar-refractivity contribution >= 4 is 5.69 Å². The molecule has 13 heavy (non-hydrogen) atoms. The van der Waals surface area contributed by atoms with Gasteiger partial charge in [0.25, 0.3) is 0 Å². The molecule has 1 atom stereocenters. The van der Waals surface area contributed by atoms with Crippen molar-refractivity contribution in [2.75, 3.05) is 12.6 Å². The number of hydrogen-bond acceptors (Lipinski definition) is 3. The van der Waals surface area contributed by atoms with Crippen molar-refractivity contribution in [2.24, 2.45) is 0 Å².